The van der Waals surface area contributed by atoms with E-state index >= 15 is 0 Å². The van der Waals surface area contributed by atoms with Gasteiger partial charge in [-0.2, -0.15) is 13.2 Å². The Bertz CT molecular complexity index is 619. The van der Waals surface area contributed by atoms with Crippen molar-refractivity contribution in [1.29, 1.82) is 0 Å². The number of ether oxygens (including phenoxy) is 1. The first-order valence-electron chi connectivity index (χ1n) is 7.91. The van der Waals surface area contributed by atoms with Gasteiger partial charge in [-0.05, 0) is 49.9 Å². The Morgan fingerprint density at radius 1 is 1.30 bits per heavy atom. The first-order chi connectivity index (χ1) is 10.8. The number of fused-ring (bicyclic) bond motifs is 1. The van der Waals surface area contributed by atoms with Crippen LogP contribution < -0.4 is 0 Å². The first kappa shape index (κ1) is 16.3. The predicted molar refractivity (Wildman–Crippen MR) is 79.2 cm³/mol. The van der Waals surface area contributed by atoms with E-state index in [1.807, 2.05) is 13.8 Å². The lowest BCUT2D eigenvalue weighted by Crippen LogP contribution is -2.30. The minimum Gasteiger partial charge on any atom is -0.381 e. The van der Waals surface area contributed by atoms with E-state index in [1.165, 1.54) is 11.0 Å². The van der Waals surface area contributed by atoms with Gasteiger partial charge in [0.15, 0.2) is 0 Å². The lowest BCUT2D eigenvalue weighted by molar-refractivity contribution is -0.138. The number of hydrogen-bond donors (Lipinski definition) is 0. The van der Waals surface area contributed by atoms with Gasteiger partial charge >= 0.3 is 6.18 Å². The van der Waals surface area contributed by atoms with E-state index in [4.69, 9.17) is 4.74 Å². The molecule has 2 heterocycles. The van der Waals surface area contributed by atoms with Gasteiger partial charge in [0.05, 0.1) is 12.2 Å². The number of halogens is 3. The van der Waals surface area contributed by atoms with Gasteiger partial charge in [-0.1, -0.05) is 0 Å². The second-order valence-electron chi connectivity index (χ2n) is 6.53. The van der Waals surface area contributed by atoms with Crippen molar-refractivity contribution >= 4 is 5.91 Å². The summed E-state index contributed by atoms with van der Waals surface area (Å²) in [5.41, 5.74) is 0.201. The van der Waals surface area contributed by atoms with Crippen LogP contribution in [0, 0.1) is 0 Å². The van der Waals surface area contributed by atoms with Crippen LogP contribution in [-0.4, -0.2) is 30.1 Å². The fraction of sp³-hybridized carbons (Fsp3) is 0.588. The fourth-order valence-electron chi connectivity index (χ4n) is 3.36. The van der Waals surface area contributed by atoms with E-state index < -0.39 is 11.7 Å². The predicted octanol–water partition coefficient (Wildman–Crippen LogP) is 3.96. The van der Waals surface area contributed by atoms with E-state index in [0.29, 0.717) is 18.8 Å². The summed E-state index contributed by atoms with van der Waals surface area (Å²) in [5, 5.41) is 0. The topological polar surface area (TPSA) is 29.5 Å². The van der Waals surface area contributed by atoms with Crippen molar-refractivity contribution in [2.24, 2.45) is 0 Å². The molecule has 1 fully saturated rings. The van der Waals surface area contributed by atoms with Gasteiger partial charge < -0.3 is 9.64 Å². The zero-order chi connectivity index (χ0) is 16.8. The van der Waals surface area contributed by atoms with Crippen molar-refractivity contribution in [2.75, 3.05) is 13.2 Å². The molecule has 23 heavy (non-hydrogen) atoms. The molecule has 1 saturated heterocycles. The van der Waals surface area contributed by atoms with Crippen LogP contribution in [-0.2, 0) is 17.5 Å². The molecule has 1 aromatic carbocycles. The molecule has 0 bridgehead atoms. The molecular weight excluding hydrogens is 307 g/mol. The third-order valence-electron chi connectivity index (χ3n) is 4.65. The van der Waals surface area contributed by atoms with Crippen molar-refractivity contribution in [3.05, 3.63) is 34.4 Å². The molecule has 3 rings (SSSR count). The zero-order valence-corrected chi connectivity index (χ0v) is 13.2. The molecule has 0 spiro atoms. The molecule has 0 aliphatic carbocycles. The van der Waals surface area contributed by atoms with E-state index in [1.54, 1.807) is 6.07 Å². The fourth-order valence-corrected chi connectivity index (χ4v) is 3.36. The number of rotatable bonds is 2. The second kappa shape index (κ2) is 5.82. The zero-order valence-electron chi connectivity index (χ0n) is 13.2. The monoisotopic (exact) mass is 327 g/mol. The van der Waals surface area contributed by atoms with Crippen LogP contribution in [0.4, 0.5) is 13.2 Å². The van der Waals surface area contributed by atoms with Crippen LogP contribution in [0.15, 0.2) is 12.1 Å². The Hall–Kier alpha value is -1.56. The molecule has 6 heteroatoms. The Kier molecular flexibility index (Phi) is 4.12. The molecule has 0 aromatic heterocycles. The average molecular weight is 327 g/mol. The summed E-state index contributed by atoms with van der Waals surface area (Å²) in [6.07, 6.45) is -2.84. The van der Waals surface area contributed by atoms with Crippen LogP contribution in [0.5, 0.6) is 0 Å². The van der Waals surface area contributed by atoms with Crippen molar-refractivity contribution in [1.82, 2.24) is 4.90 Å². The molecule has 3 nitrogen and oxygen atoms in total. The molecule has 0 N–H and O–H groups in total. The number of benzene rings is 1. The maximum atomic E-state index is 13.5. The summed E-state index contributed by atoms with van der Waals surface area (Å²) in [6, 6.07) is 2.74. The highest BCUT2D eigenvalue weighted by Gasteiger charge is 2.41. The minimum absolute atomic E-state index is 0.0299. The summed E-state index contributed by atoms with van der Waals surface area (Å²) in [4.78, 5) is 14.0. The van der Waals surface area contributed by atoms with Crippen LogP contribution in [0.2, 0.25) is 0 Å². The molecule has 2 aliphatic rings. The van der Waals surface area contributed by atoms with Gasteiger partial charge in [0.25, 0.3) is 5.91 Å². The number of alkyl halides is 3. The summed E-state index contributed by atoms with van der Waals surface area (Å²) < 4.78 is 45.8. The standard InChI is InChI=1S/C17H20F3NO2/c1-10(2)21-8-14-13(16(21)22)6-12(7-15(14)17(18,19)20)11-4-3-5-23-9-11/h6-7,10-11H,3-5,8-9H2,1-2H3. The molecule has 0 radical (unpaired) electrons. The number of carbonyl (C=O) groups excluding carboxylic acids is 1. The van der Waals surface area contributed by atoms with Crippen molar-refractivity contribution in [3.8, 4) is 0 Å². The Morgan fingerprint density at radius 2 is 2.04 bits per heavy atom. The Morgan fingerprint density at radius 3 is 2.61 bits per heavy atom. The molecule has 1 unspecified atom stereocenters. The normalized spacial score (nSPS) is 21.9. The van der Waals surface area contributed by atoms with E-state index in [0.717, 1.165) is 12.8 Å². The highest BCUT2D eigenvalue weighted by molar-refractivity contribution is 5.99. The number of carbonyl (C=O) groups is 1. The molecule has 1 aromatic rings. The summed E-state index contributed by atoms with van der Waals surface area (Å²) in [5.74, 6) is -0.380. The minimum atomic E-state index is -4.46. The largest absolute Gasteiger partial charge is 0.416 e. The quantitative estimate of drug-likeness (QED) is 0.823. The van der Waals surface area contributed by atoms with Gasteiger partial charge in [-0.25, -0.2) is 0 Å². The third-order valence-corrected chi connectivity index (χ3v) is 4.65. The van der Waals surface area contributed by atoms with Gasteiger partial charge in [-0.15, -0.1) is 0 Å². The number of nitrogens with zero attached hydrogens (tertiary/aromatic N) is 1. The van der Waals surface area contributed by atoms with Gasteiger partial charge in [0, 0.05) is 30.7 Å². The summed E-state index contributed by atoms with van der Waals surface area (Å²) in [6.45, 7) is 4.72. The molecule has 0 saturated carbocycles. The van der Waals surface area contributed by atoms with Gasteiger partial charge in [-0.3, -0.25) is 4.79 Å². The van der Waals surface area contributed by atoms with Crippen LogP contribution in [0.3, 0.4) is 0 Å². The molecular formula is C17H20F3NO2. The molecule has 1 atom stereocenters. The van der Waals surface area contributed by atoms with Gasteiger partial charge in [0.2, 0.25) is 0 Å². The Balaban J connectivity index is 2.08. The van der Waals surface area contributed by atoms with E-state index in [2.05, 4.69) is 0 Å². The van der Waals surface area contributed by atoms with Crippen molar-refractivity contribution in [2.45, 2.75) is 51.4 Å². The SMILES string of the molecule is CC(C)N1Cc2c(cc(C3CCCOC3)cc2C(F)(F)F)C1=O. The summed E-state index contributed by atoms with van der Waals surface area (Å²) >= 11 is 0. The van der Waals surface area contributed by atoms with Crippen LogP contribution in [0.25, 0.3) is 0 Å². The molecule has 2 aliphatic heterocycles. The van der Waals surface area contributed by atoms with E-state index in [9.17, 15) is 18.0 Å². The maximum Gasteiger partial charge on any atom is 0.416 e. The number of hydrogen-bond acceptors (Lipinski definition) is 2. The van der Waals surface area contributed by atoms with Crippen molar-refractivity contribution in [3.63, 3.8) is 0 Å². The maximum absolute atomic E-state index is 13.5. The van der Waals surface area contributed by atoms with Crippen LogP contribution >= 0.6 is 0 Å². The number of amides is 1. The highest BCUT2D eigenvalue weighted by Crippen LogP contribution is 2.40. The van der Waals surface area contributed by atoms with Gasteiger partial charge in [0.1, 0.15) is 0 Å². The average Bonchev–Trinajstić information content (AvgIpc) is 2.84. The Labute approximate surface area is 133 Å². The smallest absolute Gasteiger partial charge is 0.381 e. The lowest BCUT2D eigenvalue weighted by atomic mass is 9.89. The van der Waals surface area contributed by atoms with Crippen molar-refractivity contribution < 1.29 is 22.7 Å². The van der Waals surface area contributed by atoms with E-state index in [-0.39, 0.29) is 35.5 Å². The third kappa shape index (κ3) is 2.96. The highest BCUT2D eigenvalue weighted by atomic mass is 19.4. The lowest BCUT2D eigenvalue weighted by Gasteiger charge is -2.24. The second-order valence-corrected chi connectivity index (χ2v) is 6.53. The molecule has 1 amide bonds. The summed E-state index contributed by atoms with van der Waals surface area (Å²) in [7, 11) is 0. The first-order valence-corrected chi connectivity index (χ1v) is 7.91. The molecule has 126 valence electrons. The van der Waals surface area contributed by atoms with Crippen LogP contribution in [0.1, 0.15) is 59.7 Å².